The van der Waals surface area contributed by atoms with Crippen molar-refractivity contribution in [1.82, 2.24) is 5.32 Å². The van der Waals surface area contributed by atoms with Crippen LogP contribution in [0.25, 0.3) is 0 Å². The zero-order valence-corrected chi connectivity index (χ0v) is 17.5. The quantitative estimate of drug-likeness (QED) is 0.702. The molecule has 30 heavy (non-hydrogen) atoms. The molecule has 160 valence electrons. The van der Waals surface area contributed by atoms with Crippen molar-refractivity contribution >= 4 is 18.2 Å². The number of para-hydroxylation sites is 1. The maximum absolute atomic E-state index is 11.5. The SMILES string of the molecule is CCC(CC)(CCc1ccc(Oc2ccccc2)cc1)NC(C)=O.O=C=O.O=C=O. The van der Waals surface area contributed by atoms with Crippen LogP contribution in [0.4, 0.5) is 0 Å². The second-order valence-electron chi connectivity index (χ2n) is 6.39. The van der Waals surface area contributed by atoms with E-state index in [1.807, 2.05) is 42.5 Å². The molecule has 0 bridgehead atoms. The number of ether oxygens (including phenoxy) is 1. The van der Waals surface area contributed by atoms with Gasteiger partial charge in [-0.3, -0.25) is 4.79 Å². The molecule has 7 nitrogen and oxygen atoms in total. The second kappa shape index (κ2) is 15.4. The molecule has 1 N–H and O–H groups in total. The number of aryl methyl sites for hydroxylation is 1. The lowest BCUT2D eigenvalue weighted by Crippen LogP contribution is -2.47. The van der Waals surface area contributed by atoms with Crippen LogP contribution in [0.1, 0.15) is 45.6 Å². The molecule has 0 aromatic heterocycles. The van der Waals surface area contributed by atoms with Gasteiger partial charge in [-0.15, -0.1) is 0 Å². The van der Waals surface area contributed by atoms with E-state index in [1.54, 1.807) is 6.92 Å². The molecule has 0 spiro atoms. The van der Waals surface area contributed by atoms with E-state index >= 15 is 0 Å². The van der Waals surface area contributed by atoms with E-state index in [-0.39, 0.29) is 23.7 Å². The standard InChI is InChI=1S/C21H27NO2.2CO2/c1-4-21(5-2,22-17(3)23)16-15-18-11-13-20(14-12-18)24-19-9-7-6-8-10-19;2*2-1-3/h6-14H,4-5,15-16H2,1-3H3,(H,22,23);;. The van der Waals surface area contributed by atoms with Crippen molar-refractivity contribution in [2.24, 2.45) is 0 Å². The molecule has 0 radical (unpaired) electrons. The number of carbonyl (C=O) groups is 1. The molecule has 0 saturated carbocycles. The van der Waals surface area contributed by atoms with Crippen molar-refractivity contribution in [3.8, 4) is 11.5 Å². The lowest BCUT2D eigenvalue weighted by molar-refractivity contribution is -0.193. The van der Waals surface area contributed by atoms with Crippen LogP contribution in [0.15, 0.2) is 54.6 Å². The maximum atomic E-state index is 11.5. The minimum Gasteiger partial charge on any atom is -0.457 e. The third-order valence-corrected chi connectivity index (χ3v) is 4.59. The monoisotopic (exact) mass is 413 g/mol. The van der Waals surface area contributed by atoms with Crippen molar-refractivity contribution in [1.29, 1.82) is 0 Å². The fourth-order valence-electron chi connectivity index (χ4n) is 2.95. The van der Waals surface area contributed by atoms with Crippen molar-refractivity contribution in [3.05, 3.63) is 60.2 Å². The minimum absolute atomic E-state index is 0.0466. The predicted molar refractivity (Wildman–Crippen MR) is 108 cm³/mol. The average Bonchev–Trinajstić information content (AvgIpc) is 2.74. The molecule has 0 aliphatic rings. The van der Waals surface area contributed by atoms with Crippen molar-refractivity contribution in [2.45, 2.75) is 52.0 Å². The van der Waals surface area contributed by atoms with Crippen LogP contribution >= 0.6 is 0 Å². The first kappa shape index (κ1) is 26.5. The van der Waals surface area contributed by atoms with Crippen LogP contribution < -0.4 is 10.1 Å². The van der Waals surface area contributed by atoms with Crippen LogP contribution in [0.3, 0.4) is 0 Å². The number of hydrogen-bond acceptors (Lipinski definition) is 6. The van der Waals surface area contributed by atoms with Crippen LogP contribution in [0.2, 0.25) is 0 Å². The van der Waals surface area contributed by atoms with E-state index in [2.05, 4.69) is 31.3 Å². The molecule has 0 saturated heterocycles. The first-order valence-corrected chi connectivity index (χ1v) is 9.49. The van der Waals surface area contributed by atoms with E-state index in [4.69, 9.17) is 23.9 Å². The molecule has 0 fully saturated rings. The van der Waals surface area contributed by atoms with E-state index in [9.17, 15) is 4.79 Å². The number of carbonyl (C=O) groups excluding carboxylic acids is 5. The predicted octanol–water partition coefficient (Wildman–Crippen LogP) is 3.94. The summed E-state index contributed by atoms with van der Waals surface area (Å²) >= 11 is 0. The number of amides is 1. The summed E-state index contributed by atoms with van der Waals surface area (Å²) in [5, 5.41) is 3.14. The maximum Gasteiger partial charge on any atom is 0.373 e. The van der Waals surface area contributed by atoms with Gasteiger partial charge in [-0.1, -0.05) is 44.2 Å². The Morgan fingerprint density at radius 1 is 0.867 bits per heavy atom. The summed E-state index contributed by atoms with van der Waals surface area (Å²) in [4.78, 5) is 44.0. The van der Waals surface area contributed by atoms with Gasteiger partial charge in [0.1, 0.15) is 11.5 Å². The highest BCUT2D eigenvalue weighted by Crippen LogP contribution is 2.25. The van der Waals surface area contributed by atoms with E-state index < -0.39 is 0 Å². The van der Waals surface area contributed by atoms with Gasteiger partial charge in [-0.25, -0.2) is 0 Å². The van der Waals surface area contributed by atoms with Gasteiger partial charge in [0.2, 0.25) is 5.91 Å². The Balaban J connectivity index is 0.00000125. The van der Waals surface area contributed by atoms with Gasteiger partial charge in [0.25, 0.3) is 0 Å². The van der Waals surface area contributed by atoms with Gasteiger partial charge >= 0.3 is 12.3 Å². The molecule has 2 rings (SSSR count). The summed E-state index contributed by atoms with van der Waals surface area (Å²) in [6.07, 6.45) is 4.27. The van der Waals surface area contributed by atoms with Crippen molar-refractivity contribution in [3.63, 3.8) is 0 Å². The van der Waals surface area contributed by atoms with Gasteiger partial charge < -0.3 is 10.1 Å². The first-order chi connectivity index (χ1) is 14.4. The van der Waals surface area contributed by atoms with Crippen LogP contribution in [0.5, 0.6) is 11.5 Å². The summed E-state index contributed by atoms with van der Waals surface area (Å²) in [6.45, 7) is 5.86. The summed E-state index contributed by atoms with van der Waals surface area (Å²) in [6, 6.07) is 18.0. The zero-order chi connectivity index (χ0) is 22.8. The summed E-state index contributed by atoms with van der Waals surface area (Å²) < 4.78 is 5.82. The molecule has 2 aromatic carbocycles. The molecular formula is C23H27NO6. The van der Waals surface area contributed by atoms with Gasteiger partial charge in [0.15, 0.2) is 0 Å². The normalized spacial score (nSPS) is 9.43. The Morgan fingerprint density at radius 2 is 1.33 bits per heavy atom. The first-order valence-electron chi connectivity index (χ1n) is 9.49. The Morgan fingerprint density at radius 3 is 1.77 bits per heavy atom. The van der Waals surface area contributed by atoms with Crippen LogP contribution in [-0.4, -0.2) is 23.7 Å². The molecule has 0 aliphatic heterocycles. The minimum atomic E-state index is -0.106. The van der Waals surface area contributed by atoms with E-state index in [1.165, 1.54) is 5.56 Å². The fraction of sp³-hybridized carbons (Fsp3) is 0.348. The lowest BCUT2D eigenvalue weighted by atomic mass is 9.86. The van der Waals surface area contributed by atoms with Gasteiger partial charge in [0, 0.05) is 12.5 Å². The third-order valence-electron chi connectivity index (χ3n) is 4.59. The number of benzene rings is 2. The summed E-state index contributed by atoms with van der Waals surface area (Å²) in [7, 11) is 0. The second-order valence-corrected chi connectivity index (χ2v) is 6.39. The largest absolute Gasteiger partial charge is 0.457 e. The van der Waals surface area contributed by atoms with Gasteiger partial charge in [-0.2, -0.15) is 19.2 Å². The Kier molecular flexibility index (Phi) is 13.6. The summed E-state index contributed by atoms with van der Waals surface area (Å²) in [5.74, 6) is 1.72. The van der Waals surface area contributed by atoms with E-state index in [0.29, 0.717) is 0 Å². The molecule has 0 heterocycles. The molecule has 0 atom stereocenters. The highest BCUT2D eigenvalue weighted by Gasteiger charge is 2.26. The highest BCUT2D eigenvalue weighted by atomic mass is 16.5. The highest BCUT2D eigenvalue weighted by molar-refractivity contribution is 5.73. The summed E-state index contributed by atoms with van der Waals surface area (Å²) in [5.41, 5.74) is 1.15. The smallest absolute Gasteiger partial charge is 0.373 e. The van der Waals surface area contributed by atoms with Crippen LogP contribution in [0, 0.1) is 0 Å². The Bertz CT molecular complexity index is 789. The molecule has 0 unspecified atom stereocenters. The van der Waals surface area contributed by atoms with E-state index in [0.717, 1.165) is 37.2 Å². The molecule has 1 amide bonds. The molecule has 7 heteroatoms. The van der Waals surface area contributed by atoms with Crippen molar-refractivity contribution in [2.75, 3.05) is 0 Å². The van der Waals surface area contributed by atoms with Gasteiger partial charge in [-0.05, 0) is 55.5 Å². The van der Waals surface area contributed by atoms with Gasteiger partial charge in [0.05, 0.1) is 0 Å². The number of nitrogens with one attached hydrogen (secondary N) is 1. The number of hydrogen-bond donors (Lipinski definition) is 1. The fourth-order valence-corrected chi connectivity index (χ4v) is 2.95. The Hall–Kier alpha value is -3.53. The molecule has 2 aromatic rings. The average molecular weight is 413 g/mol. The number of rotatable bonds is 8. The lowest BCUT2D eigenvalue weighted by Gasteiger charge is -2.32. The van der Waals surface area contributed by atoms with Crippen LogP contribution in [-0.2, 0) is 30.4 Å². The zero-order valence-electron chi connectivity index (χ0n) is 17.5. The topological polar surface area (TPSA) is 107 Å². The molecule has 0 aliphatic carbocycles. The molecular weight excluding hydrogens is 386 g/mol. The third kappa shape index (κ3) is 10.7. The Labute approximate surface area is 176 Å². The van der Waals surface area contributed by atoms with Crippen molar-refractivity contribution < 1.29 is 28.7 Å².